The molecule has 0 bridgehead atoms. The van der Waals surface area contributed by atoms with E-state index in [0.717, 1.165) is 29.8 Å². The second-order valence-corrected chi connectivity index (χ2v) is 21.1. The van der Waals surface area contributed by atoms with Crippen LogP contribution in [0.2, 0.25) is 0 Å². The maximum atomic E-state index is 12.7. The predicted molar refractivity (Wildman–Crippen MR) is 297 cm³/mol. The molecule has 7 aromatic rings. The summed E-state index contributed by atoms with van der Waals surface area (Å²) < 4.78 is 99.1. The maximum absolute atomic E-state index is 12.7. The average Bonchev–Trinajstić information content (AvgIpc) is 3.41. The lowest BCUT2D eigenvalue weighted by atomic mass is 9.91. The first-order valence-corrected chi connectivity index (χ1v) is 27.8. The summed E-state index contributed by atoms with van der Waals surface area (Å²) in [4.78, 5) is 10.7. The number of hydrogen-bond donors (Lipinski definition) is 7. The van der Waals surface area contributed by atoms with Crippen LogP contribution >= 0.6 is 0 Å². The fraction of sp³-hybridized carbons (Fsp3) is 0.148. The van der Waals surface area contributed by atoms with Crippen molar-refractivity contribution in [2.75, 3.05) is 11.1 Å². The summed E-state index contributed by atoms with van der Waals surface area (Å²) >= 11 is 0. The van der Waals surface area contributed by atoms with Crippen LogP contribution in [-0.2, 0) is 30.4 Å². The number of nitrogens with zero attached hydrogens (tertiary/aromatic N) is 6. The molecule has 77 heavy (non-hydrogen) atoms. The van der Waals surface area contributed by atoms with Crippen molar-refractivity contribution in [2.24, 2.45) is 30.7 Å². The van der Waals surface area contributed by atoms with Gasteiger partial charge in [0.05, 0.1) is 39.0 Å². The number of aryl methyl sites for hydroxylation is 3. The van der Waals surface area contributed by atoms with E-state index in [1.807, 2.05) is 58.9 Å². The first-order valence-electron chi connectivity index (χ1n) is 23.5. The van der Waals surface area contributed by atoms with Gasteiger partial charge in [-0.25, -0.2) is 0 Å². The number of hydrogen-bond acceptors (Lipinski definition) is 16. The first-order chi connectivity index (χ1) is 36.4. The van der Waals surface area contributed by atoms with Crippen molar-refractivity contribution in [3.63, 3.8) is 0 Å². The van der Waals surface area contributed by atoms with Crippen molar-refractivity contribution >= 4 is 104 Å². The molecule has 0 aliphatic heterocycles. The lowest BCUT2D eigenvalue weighted by molar-refractivity contribution is 0.102. The Morgan fingerprint density at radius 1 is 0.636 bits per heavy atom. The molecule has 20 nitrogen and oxygen atoms in total. The van der Waals surface area contributed by atoms with Crippen molar-refractivity contribution in [3.8, 4) is 5.75 Å². The van der Waals surface area contributed by atoms with Crippen molar-refractivity contribution < 1.29 is 48.8 Å². The van der Waals surface area contributed by atoms with Crippen molar-refractivity contribution in [2.45, 2.75) is 69.1 Å². The van der Waals surface area contributed by atoms with Gasteiger partial charge >= 0.3 is 0 Å². The van der Waals surface area contributed by atoms with E-state index in [4.69, 9.17) is 15.7 Å². The average molecular weight is 1100 g/mol. The van der Waals surface area contributed by atoms with Crippen LogP contribution in [-0.4, -0.2) is 55.6 Å². The highest BCUT2D eigenvalue weighted by Gasteiger charge is 2.27. The number of allylic oxidation sites excluding steroid dienone is 3. The molecule has 0 atom stereocenters. The Morgan fingerprint density at radius 2 is 1.17 bits per heavy atom. The fourth-order valence-corrected chi connectivity index (χ4v) is 9.31. The minimum absolute atomic E-state index is 0.0117. The molecule has 0 spiro atoms. The van der Waals surface area contributed by atoms with Gasteiger partial charge in [-0.1, -0.05) is 63.1 Å². The Kier molecular flexibility index (Phi) is 18.4. The minimum atomic E-state index is -4.87. The van der Waals surface area contributed by atoms with Gasteiger partial charge in [0.1, 0.15) is 15.5 Å². The Hall–Kier alpha value is -8.45. The monoisotopic (exact) mass is 1100 g/mol. The van der Waals surface area contributed by atoms with Crippen LogP contribution in [0.4, 0.5) is 45.5 Å². The number of nitrogen functional groups attached to an aromatic ring is 1. The standard InChI is InChI=1S/C38H32N8O5S.C14H15NO6S2.C2H6/c1-22-4-10-28(11-5-22)41-42-29-12-14-30(15-13-29)43-44-33-18-24(3)34(19-23(33)2)45-46-36-35(52(49,50)51)21-26-20-31(16-17-32(26)37(36)47)40-38(48)25-6-8-27(39)9-7-25;1-2-3-4-9-5-6-11-12(14(9)15)7-10(22(16,17)18)8-13(11)23(19,20)21;1-2/h4-21,47H,39H2,1-3H3,(H,40,48)(H,49,50,51);4-8,15H,2-3H2,1H3,(H,16,17,18)(H,19,20,21);1-2H3/b;9-4+,15-14?;. The first kappa shape index (κ1) is 57.8. The van der Waals surface area contributed by atoms with Gasteiger partial charge in [0.15, 0.2) is 5.75 Å². The highest BCUT2D eigenvalue weighted by Crippen LogP contribution is 2.43. The summed E-state index contributed by atoms with van der Waals surface area (Å²) in [5.41, 5.74) is 12.4. The maximum Gasteiger partial charge on any atom is 0.296 e. The molecule has 398 valence electrons. The second kappa shape index (κ2) is 24.5. The molecule has 8 N–H and O–H groups in total. The van der Waals surface area contributed by atoms with E-state index in [1.165, 1.54) is 30.4 Å². The van der Waals surface area contributed by atoms with Crippen LogP contribution in [0.5, 0.6) is 5.75 Å². The number of carbonyl (C=O) groups excluding carboxylic acids is 1. The van der Waals surface area contributed by atoms with E-state index in [9.17, 15) is 44.3 Å². The number of aromatic hydroxyl groups is 1. The van der Waals surface area contributed by atoms with Gasteiger partial charge in [-0.3, -0.25) is 23.9 Å². The van der Waals surface area contributed by atoms with Crippen LogP contribution < -0.4 is 11.1 Å². The number of unbranched alkanes of at least 4 members (excludes halogenated alkanes) is 1. The largest absolute Gasteiger partial charge is 0.505 e. The van der Waals surface area contributed by atoms with E-state index in [2.05, 4.69) is 36.0 Å². The molecule has 8 rings (SSSR count). The number of phenolic OH excluding ortho intramolecular Hbond substituents is 1. The lowest BCUT2D eigenvalue weighted by Gasteiger charge is -2.18. The van der Waals surface area contributed by atoms with E-state index in [0.29, 0.717) is 68.9 Å². The molecule has 1 amide bonds. The van der Waals surface area contributed by atoms with Crippen molar-refractivity contribution in [3.05, 3.63) is 172 Å². The zero-order chi connectivity index (χ0) is 56.4. The van der Waals surface area contributed by atoms with E-state index < -0.39 is 62.4 Å². The van der Waals surface area contributed by atoms with E-state index in [1.54, 1.807) is 73.7 Å². The van der Waals surface area contributed by atoms with Gasteiger partial charge in [-0.2, -0.15) is 50.8 Å². The molecule has 0 fully saturated rings. The van der Waals surface area contributed by atoms with E-state index >= 15 is 0 Å². The van der Waals surface area contributed by atoms with Gasteiger partial charge in [0, 0.05) is 33.5 Å². The number of nitrogens with two attached hydrogens (primary N) is 1. The molecule has 0 saturated heterocycles. The number of rotatable bonds is 13. The topological polar surface area (TPSA) is 336 Å². The quantitative estimate of drug-likeness (QED) is 0.0322. The van der Waals surface area contributed by atoms with Gasteiger partial charge in [0.25, 0.3) is 36.3 Å². The highest BCUT2D eigenvalue weighted by atomic mass is 32.2. The van der Waals surface area contributed by atoms with Crippen LogP contribution in [0.1, 0.15) is 71.8 Å². The summed E-state index contributed by atoms with van der Waals surface area (Å²) in [6, 6.07) is 32.0. The molecule has 0 unspecified atom stereocenters. The molecule has 1 aliphatic rings. The van der Waals surface area contributed by atoms with Crippen LogP contribution in [0, 0.1) is 26.2 Å². The van der Waals surface area contributed by atoms with Crippen LogP contribution in [0.3, 0.4) is 0 Å². The van der Waals surface area contributed by atoms with Crippen molar-refractivity contribution in [1.29, 1.82) is 5.41 Å². The highest BCUT2D eigenvalue weighted by molar-refractivity contribution is 7.86. The number of carbonyl (C=O) groups is 1. The smallest absolute Gasteiger partial charge is 0.296 e. The molecular weight excluding hydrogens is 1050 g/mol. The molecule has 0 aromatic heterocycles. The van der Waals surface area contributed by atoms with Gasteiger partial charge in [0.2, 0.25) is 0 Å². The number of anilines is 2. The normalized spacial score (nSPS) is 13.2. The van der Waals surface area contributed by atoms with Crippen LogP contribution in [0.15, 0.2) is 184 Å². The Morgan fingerprint density at radius 3 is 1.70 bits per heavy atom. The van der Waals surface area contributed by atoms with Gasteiger partial charge in [-0.05, 0) is 158 Å². The Bertz CT molecular complexity index is 3920. The Balaban J connectivity index is 0.000000321. The minimum Gasteiger partial charge on any atom is -0.505 e. The predicted octanol–water partition coefficient (Wildman–Crippen LogP) is 14.1. The number of azo groups is 3. The number of phenols is 1. The number of benzene rings is 7. The fourth-order valence-electron chi connectivity index (χ4n) is 7.31. The van der Waals surface area contributed by atoms with Gasteiger partial charge in [-0.15, -0.1) is 5.11 Å². The summed E-state index contributed by atoms with van der Waals surface area (Å²) in [5, 5.41) is 47.9. The molecule has 0 radical (unpaired) electrons. The number of fused-ring (bicyclic) bond motifs is 2. The molecule has 0 heterocycles. The molecule has 0 saturated carbocycles. The third-order valence-electron chi connectivity index (χ3n) is 11.3. The summed E-state index contributed by atoms with van der Waals surface area (Å²) in [7, 11) is -14.3. The van der Waals surface area contributed by atoms with Crippen LogP contribution in [0.25, 0.3) is 16.8 Å². The van der Waals surface area contributed by atoms with Crippen molar-refractivity contribution in [1.82, 2.24) is 0 Å². The number of amides is 1. The molecule has 1 aliphatic carbocycles. The SMILES string of the molecule is CC.CCC/C=C1\C=Cc2c(cc(S(=O)(=O)O)cc2S(=O)(=O)O)C1=N.Cc1ccc(N=Nc2ccc(N=Nc3cc(C)c(N=Nc4c(S(=O)(=O)O)cc5cc(NC(=O)c6ccc(N)cc6)ccc5c4O)cc3C)cc2)cc1. The third-order valence-corrected chi connectivity index (χ3v) is 13.9. The summed E-state index contributed by atoms with van der Waals surface area (Å²) in [6.45, 7) is 11.5. The second-order valence-electron chi connectivity index (χ2n) is 16.9. The van der Waals surface area contributed by atoms with Gasteiger partial charge < -0.3 is 16.2 Å². The Labute approximate surface area is 445 Å². The molecule has 7 aromatic carbocycles. The van der Waals surface area contributed by atoms with E-state index in [-0.39, 0.29) is 27.6 Å². The molecule has 23 heteroatoms. The third kappa shape index (κ3) is 14.7. The number of nitrogens with one attached hydrogen (secondary N) is 2. The zero-order valence-electron chi connectivity index (χ0n) is 42.3. The zero-order valence-corrected chi connectivity index (χ0v) is 44.8. The summed E-state index contributed by atoms with van der Waals surface area (Å²) in [5.74, 6) is -0.943. The summed E-state index contributed by atoms with van der Waals surface area (Å²) in [6.07, 6.45) is 6.24. The lowest BCUT2D eigenvalue weighted by Crippen LogP contribution is -2.14. The molecular formula is C54H53N9O11S3.